The number of halogens is 1. The second-order valence-corrected chi connectivity index (χ2v) is 4.37. The summed E-state index contributed by atoms with van der Waals surface area (Å²) >= 11 is 6.16. The first kappa shape index (κ1) is 13.0. The summed E-state index contributed by atoms with van der Waals surface area (Å²) in [4.78, 5) is 8.84. The van der Waals surface area contributed by atoms with E-state index in [4.69, 9.17) is 16.3 Å². The Morgan fingerprint density at radius 2 is 1.89 bits per heavy atom. The van der Waals surface area contributed by atoms with E-state index in [2.05, 4.69) is 9.97 Å². The molecule has 2 rings (SSSR count). The third kappa shape index (κ3) is 2.86. The maximum Gasteiger partial charge on any atom is 0.136 e. The minimum Gasteiger partial charge on any atom is -0.384 e. The van der Waals surface area contributed by atoms with Crippen molar-refractivity contribution in [3.05, 3.63) is 46.9 Å². The van der Waals surface area contributed by atoms with Crippen molar-refractivity contribution in [1.82, 2.24) is 9.97 Å². The molecule has 3 nitrogen and oxygen atoms in total. The van der Waals surface area contributed by atoms with Crippen LogP contribution in [0.25, 0.3) is 11.3 Å². The van der Waals surface area contributed by atoms with Gasteiger partial charge in [0.1, 0.15) is 11.0 Å². The molecule has 94 valence electrons. The molecule has 0 fully saturated rings. The van der Waals surface area contributed by atoms with Crippen LogP contribution in [0.4, 0.5) is 0 Å². The summed E-state index contributed by atoms with van der Waals surface area (Å²) in [6.07, 6.45) is 0.663. The molecule has 0 spiro atoms. The highest BCUT2D eigenvalue weighted by molar-refractivity contribution is 6.30. The fourth-order valence-corrected chi connectivity index (χ4v) is 1.90. The molecule has 4 heteroatoms. The summed E-state index contributed by atoms with van der Waals surface area (Å²) in [5.74, 6) is 0.714. The van der Waals surface area contributed by atoms with Crippen LogP contribution in [0.3, 0.4) is 0 Å². The number of hydrogen-bond donors (Lipinski definition) is 0. The van der Waals surface area contributed by atoms with Crippen LogP contribution < -0.4 is 0 Å². The summed E-state index contributed by atoms with van der Waals surface area (Å²) < 4.78 is 5.04. The van der Waals surface area contributed by atoms with Gasteiger partial charge < -0.3 is 4.74 Å². The highest BCUT2D eigenvalue weighted by atomic mass is 35.5. The van der Waals surface area contributed by atoms with Crippen molar-refractivity contribution >= 4 is 11.6 Å². The van der Waals surface area contributed by atoms with E-state index in [0.717, 1.165) is 16.8 Å². The third-order valence-electron chi connectivity index (χ3n) is 2.71. The number of rotatable bonds is 4. The lowest BCUT2D eigenvalue weighted by Crippen LogP contribution is -2.04. The molecule has 0 N–H and O–H groups in total. The standard InChI is InChI=1S/C14H15ClN2O/c1-10-13(11-6-4-3-5-7-11)16-12(8-9-18-2)17-14(10)15/h3-7H,8-9H2,1-2H3. The number of methoxy groups -OCH3 is 1. The zero-order valence-corrected chi connectivity index (χ0v) is 11.2. The summed E-state index contributed by atoms with van der Waals surface area (Å²) in [6.45, 7) is 2.53. The molecule has 0 amide bonds. The molecule has 0 radical (unpaired) electrons. The van der Waals surface area contributed by atoms with Crippen LogP contribution in [0, 0.1) is 6.92 Å². The molecule has 0 bridgehead atoms. The van der Waals surface area contributed by atoms with Gasteiger partial charge in [-0.05, 0) is 6.92 Å². The molecule has 0 atom stereocenters. The van der Waals surface area contributed by atoms with E-state index in [1.807, 2.05) is 37.3 Å². The Kier molecular flexibility index (Phi) is 4.28. The van der Waals surface area contributed by atoms with E-state index >= 15 is 0 Å². The van der Waals surface area contributed by atoms with Gasteiger partial charge in [-0.15, -0.1) is 0 Å². The summed E-state index contributed by atoms with van der Waals surface area (Å²) in [5, 5.41) is 0.509. The van der Waals surface area contributed by atoms with E-state index in [1.54, 1.807) is 7.11 Å². The molecule has 0 unspecified atom stereocenters. The topological polar surface area (TPSA) is 35.0 Å². The maximum absolute atomic E-state index is 6.16. The van der Waals surface area contributed by atoms with Gasteiger partial charge in [0.05, 0.1) is 12.3 Å². The van der Waals surface area contributed by atoms with Crippen molar-refractivity contribution < 1.29 is 4.74 Å². The van der Waals surface area contributed by atoms with Crippen LogP contribution in [0.1, 0.15) is 11.4 Å². The molecular formula is C14H15ClN2O. The first-order valence-corrected chi connectivity index (χ1v) is 6.17. The van der Waals surface area contributed by atoms with Gasteiger partial charge in [0.25, 0.3) is 0 Å². The van der Waals surface area contributed by atoms with Crippen molar-refractivity contribution in [2.24, 2.45) is 0 Å². The quantitative estimate of drug-likeness (QED) is 0.793. The van der Waals surface area contributed by atoms with Crippen LogP contribution in [-0.4, -0.2) is 23.7 Å². The normalized spacial score (nSPS) is 10.6. The van der Waals surface area contributed by atoms with Crippen molar-refractivity contribution in [3.8, 4) is 11.3 Å². The van der Waals surface area contributed by atoms with E-state index in [1.165, 1.54) is 0 Å². The smallest absolute Gasteiger partial charge is 0.136 e. The van der Waals surface area contributed by atoms with Gasteiger partial charge in [-0.2, -0.15) is 0 Å². The Hall–Kier alpha value is -1.45. The summed E-state index contributed by atoms with van der Waals surface area (Å²) in [6, 6.07) is 9.99. The SMILES string of the molecule is COCCc1nc(Cl)c(C)c(-c2ccccc2)n1. The maximum atomic E-state index is 6.16. The van der Waals surface area contributed by atoms with Crippen molar-refractivity contribution in [2.45, 2.75) is 13.3 Å². The lowest BCUT2D eigenvalue weighted by molar-refractivity contribution is 0.200. The van der Waals surface area contributed by atoms with Crippen molar-refractivity contribution in [3.63, 3.8) is 0 Å². The third-order valence-corrected chi connectivity index (χ3v) is 3.08. The summed E-state index contributed by atoms with van der Waals surface area (Å²) in [7, 11) is 1.66. The number of hydrogen-bond acceptors (Lipinski definition) is 3. The van der Waals surface area contributed by atoms with Gasteiger partial charge in [0.2, 0.25) is 0 Å². The Labute approximate surface area is 112 Å². The van der Waals surface area contributed by atoms with Crippen LogP contribution in [-0.2, 0) is 11.2 Å². The number of aromatic nitrogens is 2. The van der Waals surface area contributed by atoms with Crippen LogP contribution in [0.15, 0.2) is 30.3 Å². The van der Waals surface area contributed by atoms with Crippen LogP contribution in [0.2, 0.25) is 5.15 Å². The predicted molar refractivity (Wildman–Crippen MR) is 72.8 cm³/mol. The zero-order chi connectivity index (χ0) is 13.0. The van der Waals surface area contributed by atoms with Crippen LogP contribution in [0.5, 0.6) is 0 Å². The van der Waals surface area contributed by atoms with Crippen LogP contribution >= 0.6 is 11.6 Å². The molecule has 0 aliphatic rings. The number of ether oxygens (including phenoxy) is 1. The van der Waals surface area contributed by atoms with Crippen molar-refractivity contribution in [1.29, 1.82) is 0 Å². The van der Waals surface area contributed by atoms with Gasteiger partial charge >= 0.3 is 0 Å². The second kappa shape index (κ2) is 5.94. The largest absolute Gasteiger partial charge is 0.384 e. The van der Waals surface area contributed by atoms with E-state index in [9.17, 15) is 0 Å². The molecular weight excluding hydrogens is 248 g/mol. The molecule has 0 saturated carbocycles. The molecule has 1 aromatic heterocycles. The minimum absolute atomic E-state index is 0.509. The first-order chi connectivity index (χ1) is 8.72. The molecule has 0 aliphatic carbocycles. The second-order valence-electron chi connectivity index (χ2n) is 4.01. The molecule has 1 aromatic carbocycles. The fourth-order valence-electron chi connectivity index (χ4n) is 1.72. The Morgan fingerprint density at radius 3 is 2.56 bits per heavy atom. The lowest BCUT2D eigenvalue weighted by Gasteiger charge is -2.09. The van der Waals surface area contributed by atoms with Gasteiger partial charge in [0, 0.05) is 24.7 Å². The van der Waals surface area contributed by atoms with Gasteiger partial charge in [-0.3, -0.25) is 0 Å². The summed E-state index contributed by atoms with van der Waals surface area (Å²) in [5.41, 5.74) is 2.85. The number of nitrogens with zero attached hydrogens (tertiary/aromatic N) is 2. The van der Waals surface area contributed by atoms with Gasteiger partial charge in [-0.1, -0.05) is 41.9 Å². The average Bonchev–Trinajstić information content (AvgIpc) is 2.41. The highest BCUT2D eigenvalue weighted by Gasteiger charge is 2.10. The number of benzene rings is 1. The van der Waals surface area contributed by atoms with E-state index < -0.39 is 0 Å². The van der Waals surface area contributed by atoms with Crippen molar-refractivity contribution in [2.75, 3.05) is 13.7 Å². The molecule has 2 aromatic rings. The Balaban J connectivity index is 2.43. The zero-order valence-electron chi connectivity index (χ0n) is 10.5. The average molecular weight is 263 g/mol. The minimum atomic E-state index is 0.509. The Morgan fingerprint density at radius 1 is 1.17 bits per heavy atom. The molecule has 0 aliphatic heterocycles. The highest BCUT2D eigenvalue weighted by Crippen LogP contribution is 2.25. The molecule has 0 saturated heterocycles. The Bertz CT molecular complexity index is 529. The molecule has 1 heterocycles. The van der Waals surface area contributed by atoms with Gasteiger partial charge in [-0.25, -0.2) is 9.97 Å². The first-order valence-electron chi connectivity index (χ1n) is 5.79. The predicted octanol–water partition coefficient (Wildman–Crippen LogP) is 3.29. The monoisotopic (exact) mass is 262 g/mol. The van der Waals surface area contributed by atoms with Gasteiger partial charge in [0.15, 0.2) is 0 Å². The van der Waals surface area contributed by atoms with E-state index in [-0.39, 0.29) is 0 Å². The lowest BCUT2D eigenvalue weighted by atomic mass is 10.1. The van der Waals surface area contributed by atoms with E-state index in [0.29, 0.717) is 24.0 Å². The molecule has 18 heavy (non-hydrogen) atoms. The fraction of sp³-hybridized carbons (Fsp3) is 0.286.